The molecule has 0 saturated heterocycles. The minimum Gasteiger partial charge on any atom is -0.355 e. The predicted octanol–water partition coefficient (Wildman–Crippen LogP) is 3.67. The van der Waals surface area contributed by atoms with E-state index in [-0.39, 0.29) is 5.82 Å². The van der Waals surface area contributed by atoms with Crippen LogP contribution in [0.3, 0.4) is 0 Å². The molecule has 0 fully saturated rings. The normalized spacial score (nSPS) is 10.9. The van der Waals surface area contributed by atoms with E-state index in [0.29, 0.717) is 5.56 Å². The van der Waals surface area contributed by atoms with Crippen LogP contribution in [0, 0.1) is 12.7 Å². The van der Waals surface area contributed by atoms with Crippen LogP contribution >= 0.6 is 0 Å². The molecule has 0 radical (unpaired) electrons. The van der Waals surface area contributed by atoms with Crippen LogP contribution in [0.15, 0.2) is 42.5 Å². The second-order valence-electron chi connectivity index (χ2n) is 4.86. The number of nitrogens with one attached hydrogen (secondary N) is 2. The minimum absolute atomic E-state index is 0.154. The van der Waals surface area contributed by atoms with Gasteiger partial charge in [-0.1, -0.05) is 24.3 Å². The average molecular weight is 269 g/mol. The van der Waals surface area contributed by atoms with Gasteiger partial charge in [0.25, 0.3) is 0 Å². The van der Waals surface area contributed by atoms with E-state index in [1.807, 2.05) is 36.4 Å². The molecule has 0 aliphatic rings. The zero-order valence-electron chi connectivity index (χ0n) is 11.3. The number of nitrogens with zero attached hydrogens (tertiary/aromatic N) is 1. The van der Waals surface area contributed by atoms with Gasteiger partial charge in [-0.15, -0.1) is 0 Å². The van der Waals surface area contributed by atoms with Gasteiger partial charge in [0, 0.05) is 6.54 Å². The molecule has 0 aliphatic heterocycles. The van der Waals surface area contributed by atoms with Gasteiger partial charge in [0.05, 0.1) is 11.0 Å². The molecule has 2 N–H and O–H groups in total. The number of anilines is 1. The first-order valence-electron chi connectivity index (χ1n) is 6.66. The molecule has 20 heavy (non-hydrogen) atoms. The monoisotopic (exact) mass is 269 g/mol. The van der Waals surface area contributed by atoms with Crippen molar-refractivity contribution in [2.24, 2.45) is 0 Å². The third-order valence-electron chi connectivity index (χ3n) is 3.32. The molecule has 3 rings (SSSR count). The van der Waals surface area contributed by atoms with Crippen molar-refractivity contribution in [3.05, 3.63) is 59.4 Å². The van der Waals surface area contributed by atoms with Crippen molar-refractivity contribution in [2.75, 3.05) is 11.9 Å². The first-order chi connectivity index (χ1) is 9.72. The van der Waals surface area contributed by atoms with Crippen molar-refractivity contribution in [1.29, 1.82) is 0 Å². The van der Waals surface area contributed by atoms with Crippen molar-refractivity contribution >= 4 is 17.0 Å². The van der Waals surface area contributed by atoms with E-state index < -0.39 is 0 Å². The van der Waals surface area contributed by atoms with Crippen LogP contribution in [-0.2, 0) is 6.42 Å². The number of para-hydroxylation sites is 2. The second kappa shape index (κ2) is 5.33. The van der Waals surface area contributed by atoms with Crippen LogP contribution in [0.2, 0.25) is 0 Å². The zero-order valence-corrected chi connectivity index (χ0v) is 11.3. The van der Waals surface area contributed by atoms with Crippen molar-refractivity contribution < 1.29 is 4.39 Å². The Kier molecular flexibility index (Phi) is 3.37. The summed E-state index contributed by atoms with van der Waals surface area (Å²) in [6.45, 7) is 2.54. The molecule has 3 nitrogen and oxygen atoms in total. The highest BCUT2D eigenvalue weighted by atomic mass is 19.1. The Bertz CT molecular complexity index is 700. The van der Waals surface area contributed by atoms with Gasteiger partial charge in [-0.05, 0) is 42.7 Å². The molecule has 0 aliphatic carbocycles. The summed E-state index contributed by atoms with van der Waals surface area (Å²) in [5, 5.41) is 3.26. The van der Waals surface area contributed by atoms with Crippen LogP contribution in [0.4, 0.5) is 10.3 Å². The van der Waals surface area contributed by atoms with Gasteiger partial charge in [0.15, 0.2) is 0 Å². The predicted molar refractivity (Wildman–Crippen MR) is 79.4 cm³/mol. The smallest absolute Gasteiger partial charge is 0.201 e. The fourth-order valence-corrected chi connectivity index (χ4v) is 2.22. The number of benzene rings is 2. The summed E-state index contributed by atoms with van der Waals surface area (Å²) >= 11 is 0. The largest absolute Gasteiger partial charge is 0.355 e. The second-order valence-corrected chi connectivity index (χ2v) is 4.86. The highest BCUT2D eigenvalue weighted by molar-refractivity contribution is 5.77. The van der Waals surface area contributed by atoms with Crippen LogP contribution in [0.1, 0.15) is 11.1 Å². The minimum atomic E-state index is -0.154. The fourth-order valence-electron chi connectivity index (χ4n) is 2.22. The molecule has 0 bridgehead atoms. The quantitative estimate of drug-likeness (QED) is 0.758. The highest BCUT2D eigenvalue weighted by Crippen LogP contribution is 2.14. The molecule has 1 aromatic heterocycles. The molecule has 3 aromatic rings. The van der Waals surface area contributed by atoms with Gasteiger partial charge in [0.2, 0.25) is 5.95 Å². The van der Waals surface area contributed by atoms with E-state index in [4.69, 9.17) is 0 Å². The molecule has 102 valence electrons. The Labute approximate surface area is 116 Å². The molecule has 0 saturated carbocycles. The molecule has 4 heteroatoms. The van der Waals surface area contributed by atoms with Gasteiger partial charge >= 0.3 is 0 Å². The third-order valence-corrected chi connectivity index (χ3v) is 3.32. The maximum absolute atomic E-state index is 13.2. The summed E-state index contributed by atoms with van der Waals surface area (Å²) in [7, 11) is 0. The van der Waals surface area contributed by atoms with Crippen molar-refractivity contribution in [2.45, 2.75) is 13.3 Å². The number of hydrogen-bond donors (Lipinski definition) is 2. The first kappa shape index (κ1) is 12.7. The number of imidazole rings is 1. The number of aromatic nitrogens is 2. The molecular weight excluding hydrogens is 253 g/mol. The van der Waals surface area contributed by atoms with Crippen molar-refractivity contribution in [3.63, 3.8) is 0 Å². The van der Waals surface area contributed by atoms with E-state index >= 15 is 0 Å². The number of aromatic amines is 1. The Balaban J connectivity index is 1.63. The van der Waals surface area contributed by atoms with Gasteiger partial charge in [-0.3, -0.25) is 0 Å². The summed E-state index contributed by atoms with van der Waals surface area (Å²) in [6, 6.07) is 13.1. The molecular formula is C16H16FN3. The fraction of sp³-hybridized carbons (Fsp3) is 0.188. The van der Waals surface area contributed by atoms with Gasteiger partial charge in [-0.2, -0.15) is 0 Å². The van der Waals surface area contributed by atoms with Crippen LogP contribution in [-0.4, -0.2) is 16.5 Å². The number of halogens is 1. The molecule has 1 heterocycles. The van der Waals surface area contributed by atoms with E-state index in [1.165, 1.54) is 6.07 Å². The average Bonchev–Trinajstić information content (AvgIpc) is 2.85. The van der Waals surface area contributed by atoms with E-state index in [9.17, 15) is 4.39 Å². The maximum atomic E-state index is 13.2. The van der Waals surface area contributed by atoms with Gasteiger partial charge in [0.1, 0.15) is 5.82 Å². The standard InChI is InChI=1S/C16H16FN3/c1-11-10-12(6-7-13(11)17)8-9-18-16-19-14-4-2-3-5-15(14)20-16/h2-7,10H,8-9H2,1H3,(H2,18,19,20). The third kappa shape index (κ3) is 2.64. The summed E-state index contributed by atoms with van der Waals surface area (Å²) in [4.78, 5) is 7.67. The molecule has 0 spiro atoms. The zero-order chi connectivity index (χ0) is 13.9. The summed E-state index contributed by atoms with van der Waals surface area (Å²) in [5.41, 5.74) is 3.78. The topological polar surface area (TPSA) is 40.7 Å². The Hall–Kier alpha value is -2.36. The summed E-state index contributed by atoms with van der Waals surface area (Å²) < 4.78 is 13.2. The SMILES string of the molecule is Cc1cc(CCNc2nc3ccccc3[nH]2)ccc1F. The van der Waals surface area contributed by atoms with Crippen molar-refractivity contribution in [1.82, 2.24) is 9.97 Å². The van der Waals surface area contributed by atoms with E-state index in [1.54, 1.807) is 6.92 Å². The Morgan fingerprint density at radius 2 is 2.05 bits per heavy atom. The number of fused-ring (bicyclic) bond motifs is 1. The lowest BCUT2D eigenvalue weighted by Crippen LogP contribution is -2.06. The summed E-state index contributed by atoms with van der Waals surface area (Å²) in [5.74, 6) is 0.615. The Morgan fingerprint density at radius 1 is 1.20 bits per heavy atom. The number of H-pyrrole nitrogens is 1. The number of hydrogen-bond acceptors (Lipinski definition) is 2. The lowest BCUT2D eigenvalue weighted by molar-refractivity contribution is 0.617. The first-order valence-corrected chi connectivity index (χ1v) is 6.66. The Morgan fingerprint density at radius 3 is 2.85 bits per heavy atom. The van der Waals surface area contributed by atoms with Crippen LogP contribution < -0.4 is 5.32 Å². The molecule has 0 atom stereocenters. The number of rotatable bonds is 4. The maximum Gasteiger partial charge on any atom is 0.201 e. The van der Waals surface area contributed by atoms with Crippen LogP contribution in [0.5, 0.6) is 0 Å². The van der Waals surface area contributed by atoms with E-state index in [0.717, 1.165) is 35.5 Å². The number of aryl methyl sites for hydroxylation is 1. The molecule has 0 amide bonds. The van der Waals surface area contributed by atoms with Gasteiger partial charge < -0.3 is 10.3 Å². The van der Waals surface area contributed by atoms with Crippen LogP contribution in [0.25, 0.3) is 11.0 Å². The summed E-state index contributed by atoms with van der Waals surface area (Å²) in [6.07, 6.45) is 0.832. The molecule has 2 aromatic carbocycles. The van der Waals surface area contributed by atoms with Crippen molar-refractivity contribution in [3.8, 4) is 0 Å². The van der Waals surface area contributed by atoms with Gasteiger partial charge in [-0.25, -0.2) is 9.37 Å². The lowest BCUT2D eigenvalue weighted by Gasteiger charge is -2.04. The van der Waals surface area contributed by atoms with E-state index in [2.05, 4.69) is 15.3 Å². The highest BCUT2D eigenvalue weighted by Gasteiger charge is 2.02. The lowest BCUT2D eigenvalue weighted by atomic mass is 10.1. The molecule has 0 unspecified atom stereocenters.